The van der Waals surface area contributed by atoms with Gasteiger partial charge in [0.05, 0.1) is 0 Å². The Kier molecular flexibility index (Phi) is 6.59. The van der Waals surface area contributed by atoms with Crippen molar-refractivity contribution in [3.63, 3.8) is 0 Å². The molecular formula is C20H23ClN2O2. The number of hydrogen-bond donors (Lipinski definition) is 1. The summed E-state index contributed by atoms with van der Waals surface area (Å²) < 4.78 is 0. The van der Waals surface area contributed by atoms with E-state index >= 15 is 0 Å². The van der Waals surface area contributed by atoms with Gasteiger partial charge in [0.15, 0.2) is 0 Å². The van der Waals surface area contributed by atoms with Crippen molar-refractivity contribution >= 4 is 29.1 Å². The number of nitrogens with one attached hydrogen (secondary N) is 1. The highest BCUT2D eigenvalue weighted by molar-refractivity contribution is 6.31. The first-order valence-corrected chi connectivity index (χ1v) is 8.60. The van der Waals surface area contributed by atoms with E-state index in [1.165, 1.54) is 6.92 Å². The highest BCUT2D eigenvalue weighted by atomic mass is 35.5. The summed E-state index contributed by atoms with van der Waals surface area (Å²) in [6.07, 6.45) is 0.234. The fourth-order valence-electron chi connectivity index (χ4n) is 2.52. The molecule has 0 unspecified atom stereocenters. The predicted octanol–water partition coefficient (Wildman–Crippen LogP) is 4.33. The van der Waals surface area contributed by atoms with Crippen molar-refractivity contribution in [2.45, 2.75) is 33.7 Å². The van der Waals surface area contributed by atoms with Gasteiger partial charge in [0.2, 0.25) is 11.8 Å². The van der Waals surface area contributed by atoms with Crippen LogP contribution in [0.25, 0.3) is 0 Å². The molecule has 0 saturated carbocycles. The van der Waals surface area contributed by atoms with E-state index in [9.17, 15) is 9.59 Å². The molecule has 0 aliphatic rings. The fourth-order valence-corrected chi connectivity index (χ4v) is 2.69. The van der Waals surface area contributed by atoms with E-state index in [1.54, 1.807) is 17.0 Å². The zero-order chi connectivity index (χ0) is 18.4. The molecular weight excluding hydrogens is 336 g/mol. The van der Waals surface area contributed by atoms with Crippen LogP contribution in [0.2, 0.25) is 5.02 Å². The van der Waals surface area contributed by atoms with Gasteiger partial charge in [0.1, 0.15) is 0 Å². The lowest BCUT2D eigenvalue weighted by Gasteiger charge is -2.22. The number of carbonyl (C=O) groups is 2. The van der Waals surface area contributed by atoms with Crippen molar-refractivity contribution in [2.75, 3.05) is 11.9 Å². The molecule has 4 nitrogen and oxygen atoms in total. The zero-order valence-electron chi connectivity index (χ0n) is 14.8. The summed E-state index contributed by atoms with van der Waals surface area (Å²) in [6, 6.07) is 13.3. The molecule has 0 aliphatic heterocycles. The van der Waals surface area contributed by atoms with Crippen LogP contribution in [-0.4, -0.2) is 23.3 Å². The number of amides is 2. The first-order valence-electron chi connectivity index (χ1n) is 8.23. The number of halogens is 1. The normalized spacial score (nSPS) is 10.4. The topological polar surface area (TPSA) is 49.4 Å². The molecule has 2 aromatic rings. The van der Waals surface area contributed by atoms with Gasteiger partial charge < -0.3 is 10.2 Å². The quantitative estimate of drug-likeness (QED) is 0.835. The fraction of sp³-hybridized carbons (Fsp3) is 0.300. The average molecular weight is 359 g/mol. The second-order valence-corrected chi connectivity index (χ2v) is 6.56. The third kappa shape index (κ3) is 5.61. The van der Waals surface area contributed by atoms with E-state index in [0.29, 0.717) is 23.8 Å². The molecule has 132 valence electrons. The molecule has 0 aromatic heterocycles. The van der Waals surface area contributed by atoms with Crippen molar-refractivity contribution in [1.82, 2.24) is 4.90 Å². The van der Waals surface area contributed by atoms with Crippen LogP contribution < -0.4 is 5.32 Å². The van der Waals surface area contributed by atoms with Crippen LogP contribution in [0.5, 0.6) is 0 Å². The van der Waals surface area contributed by atoms with Crippen LogP contribution in [0, 0.1) is 13.8 Å². The Labute approximate surface area is 153 Å². The Morgan fingerprint density at radius 2 is 1.80 bits per heavy atom. The van der Waals surface area contributed by atoms with Gasteiger partial charge in [-0.05, 0) is 42.7 Å². The molecule has 0 spiro atoms. The number of anilines is 1. The first-order chi connectivity index (χ1) is 11.9. The smallest absolute Gasteiger partial charge is 0.226 e. The molecule has 0 aliphatic carbocycles. The Morgan fingerprint density at radius 1 is 1.08 bits per heavy atom. The standard InChI is InChI=1S/C20H23ClN2O2/c1-14-6-4-5-7-17(14)13-23(16(3)24)11-10-20(25)22-19-12-18(21)9-8-15(19)2/h4-9,12H,10-11,13H2,1-3H3,(H,22,25). The lowest BCUT2D eigenvalue weighted by molar-refractivity contribution is -0.129. The molecule has 0 bridgehead atoms. The number of carbonyl (C=O) groups excluding carboxylic acids is 2. The van der Waals surface area contributed by atoms with Crippen LogP contribution in [0.1, 0.15) is 30.0 Å². The molecule has 0 fully saturated rings. The highest BCUT2D eigenvalue weighted by Crippen LogP contribution is 2.20. The molecule has 25 heavy (non-hydrogen) atoms. The molecule has 2 aromatic carbocycles. The molecule has 1 N–H and O–H groups in total. The minimum atomic E-state index is -0.138. The van der Waals surface area contributed by atoms with Gasteiger partial charge in [-0.1, -0.05) is 41.9 Å². The van der Waals surface area contributed by atoms with E-state index in [1.807, 2.05) is 44.2 Å². The third-order valence-electron chi connectivity index (χ3n) is 4.15. The molecule has 5 heteroatoms. The van der Waals surface area contributed by atoms with E-state index in [0.717, 1.165) is 16.7 Å². The van der Waals surface area contributed by atoms with Crippen LogP contribution in [0.3, 0.4) is 0 Å². The van der Waals surface area contributed by atoms with Gasteiger partial charge in [-0.25, -0.2) is 0 Å². The number of rotatable bonds is 6. The SMILES string of the molecule is CC(=O)N(CCC(=O)Nc1cc(Cl)ccc1C)Cc1ccccc1C. The predicted molar refractivity (Wildman–Crippen MR) is 102 cm³/mol. The van der Waals surface area contributed by atoms with E-state index in [4.69, 9.17) is 11.6 Å². The van der Waals surface area contributed by atoms with Crippen molar-refractivity contribution in [2.24, 2.45) is 0 Å². The van der Waals surface area contributed by atoms with Crippen LogP contribution in [0.15, 0.2) is 42.5 Å². The van der Waals surface area contributed by atoms with Crippen LogP contribution in [-0.2, 0) is 16.1 Å². The number of hydrogen-bond acceptors (Lipinski definition) is 2. The summed E-state index contributed by atoms with van der Waals surface area (Å²) in [6.45, 7) is 6.33. The Hall–Kier alpha value is -2.33. The summed E-state index contributed by atoms with van der Waals surface area (Å²) in [5, 5.41) is 3.43. The zero-order valence-corrected chi connectivity index (χ0v) is 15.6. The van der Waals surface area contributed by atoms with Gasteiger partial charge in [0, 0.05) is 37.1 Å². The number of nitrogens with zero attached hydrogens (tertiary/aromatic N) is 1. The summed E-state index contributed by atoms with van der Waals surface area (Å²) in [7, 11) is 0. The van der Waals surface area contributed by atoms with Crippen molar-refractivity contribution < 1.29 is 9.59 Å². The molecule has 0 atom stereocenters. The second-order valence-electron chi connectivity index (χ2n) is 6.12. The number of aryl methyl sites for hydroxylation is 2. The summed E-state index contributed by atoms with van der Waals surface area (Å²) in [4.78, 5) is 25.8. The van der Waals surface area contributed by atoms with Gasteiger partial charge in [-0.3, -0.25) is 9.59 Å². The van der Waals surface area contributed by atoms with Crippen LogP contribution >= 0.6 is 11.6 Å². The third-order valence-corrected chi connectivity index (χ3v) is 4.39. The second kappa shape index (κ2) is 8.67. The Morgan fingerprint density at radius 3 is 2.48 bits per heavy atom. The van der Waals surface area contributed by atoms with Crippen LogP contribution in [0.4, 0.5) is 5.69 Å². The summed E-state index contributed by atoms with van der Waals surface area (Å²) >= 11 is 5.97. The van der Waals surface area contributed by atoms with Crippen molar-refractivity contribution in [1.29, 1.82) is 0 Å². The molecule has 2 amide bonds. The Bertz CT molecular complexity index is 774. The van der Waals surface area contributed by atoms with E-state index in [-0.39, 0.29) is 18.2 Å². The van der Waals surface area contributed by atoms with Gasteiger partial charge in [-0.15, -0.1) is 0 Å². The minimum absolute atomic E-state index is 0.0463. The molecule has 0 saturated heterocycles. The first kappa shape index (κ1) is 19.0. The summed E-state index contributed by atoms with van der Waals surface area (Å²) in [5.41, 5.74) is 3.86. The van der Waals surface area contributed by atoms with Gasteiger partial charge in [-0.2, -0.15) is 0 Å². The average Bonchev–Trinajstić information content (AvgIpc) is 2.56. The minimum Gasteiger partial charge on any atom is -0.338 e. The highest BCUT2D eigenvalue weighted by Gasteiger charge is 2.13. The maximum absolute atomic E-state index is 12.2. The summed E-state index contributed by atoms with van der Waals surface area (Å²) in [5.74, 6) is -0.184. The Balaban J connectivity index is 1.96. The lowest BCUT2D eigenvalue weighted by Crippen LogP contribution is -2.31. The van der Waals surface area contributed by atoms with Crippen molar-refractivity contribution in [3.8, 4) is 0 Å². The maximum Gasteiger partial charge on any atom is 0.226 e. The van der Waals surface area contributed by atoms with E-state index in [2.05, 4.69) is 5.32 Å². The van der Waals surface area contributed by atoms with Crippen molar-refractivity contribution in [3.05, 3.63) is 64.2 Å². The molecule has 2 rings (SSSR count). The van der Waals surface area contributed by atoms with E-state index < -0.39 is 0 Å². The number of benzene rings is 2. The molecule has 0 heterocycles. The molecule has 0 radical (unpaired) electrons. The maximum atomic E-state index is 12.2. The van der Waals surface area contributed by atoms with Gasteiger partial charge in [0.25, 0.3) is 0 Å². The lowest BCUT2D eigenvalue weighted by atomic mass is 10.1. The van der Waals surface area contributed by atoms with Gasteiger partial charge >= 0.3 is 0 Å². The monoisotopic (exact) mass is 358 g/mol. The largest absolute Gasteiger partial charge is 0.338 e.